The molecule has 15 heavy (non-hydrogen) atoms. The summed E-state index contributed by atoms with van der Waals surface area (Å²) in [5.41, 5.74) is 0. The van der Waals surface area contributed by atoms with Crippen molar-refractivity contribution in [3.05, 3.63) is 12.2 Å². The molecule has 0 aromatic heterocycles. The van der Waals surface area contributed by atoms with Gasteiger partial charge in [0, 0.05) is 0 Å². The zero-order chi connectivity index (χ0) is 12.1. The molecule has 5 heteroatoms. The number of ether oxygens (including phenoxy) is 1. The van der Waals surface area contributed by atoms with E-state index in [9.17, 15) is 18.0 Å². The molecule has 0 rings (SSSR count). The normalized spacial score (nSPS) is 14.6. The smallest absolute Gasteiger partial charge is 0.422 e. The number of allylic oxidation sites excluding steroid dienone is 1. The fourth-order valence-corrected chi connectivity index (χ4v) is 0.752. The summed E-state index contributed by atoms with van der Waals surface area (Å²) < 4.78 is 39.2. The quantitative estimate of drug-likeness (QED) is 0.542. The third kappa shape index (κ3) is 8.03. The van der Waals surface area contributed by atoms with E-state index in [1.54, 1.807) is 12.2 Å². The number of hydrogen-bond acceptors (Lipinski definition) is 2. The number of rotatable bonds is 4. The molecule has 0 aliphatic carbocycles. The Labute approximate surface area is 87.1 Å². The second kappa shape index (κ2) is 5.78. The molecule has 0 amide bonds. The van der Waals surface area contributed by atoms with Crippen LogP contribution in [0.4, 0.5) is 13.2 Å². The maximum absolute atomic E-state index is 11.7. The number of hydrogen-bond donors (Lipinski definition) is 0. The molecule has 1 unspecified atom stereocenters. The maximum Gasteiger partial charge on any atom is 0.422 e. The molecule has 0 radical (unpaired) electrons. The SMILES string of the molecule is CC(C)/C=C\C(C)C(=O)OCC(F)(F)F. The Morgan fingerprint density at radius 2 is 1.80 bits per heavy atom. The van der Waals surface area contributed by atoms with E-state index in [1.807, 2.05) is 13.8 Å². The number of alkyl halides is 3. The second-order valence-corrected chi connectivity index (χ2v) is 3.64. The highest BCUT2D eigenvalue weighted by atomic mass is 19.4. The molecule has 0 fully saturated rings. The molecule has 0 heterocycles. The van der Waals surface area contributed by atoms with Crippen LogP contribution in [0.15, 0.2) is 12.2 Å². The van der Waals surface area contributed by atoms with E-state index in [2.05, 4.69) is 4.74 Å². The van der Waals surface area contributed by atoms with Gasteiger partial charge in [0.2, 0.25) is 0 Å². The van der Waals surface area contributed by atoms with Crippen LogP contribution in [-0.4, -0.2) is 18.8 Å². The highest BCUT2D eigenvalue weighted by molar-refractivity contribution is 5.73. The summed E-state index contributed by atoms with van der Waals surface area (Å²) in [5, 5.41) is 0. The lowest BCUT2D eigenvalue weighted by molar-refractivity contribution is -0.187. The Bertz CT molecular complexity index is 231. The van der Waals surface area contributed by atoms with Gasteiger partial charge in [-0.05, 0) is 12.8 Å². The third-order valence-corrected chi connectivity index (χ3v) is 1.53. The summed E-state index contributed by atoms with van der Waals surface area (Å²) in [4.78, 5) is 11.0. The lowest BCUT2D eigenvalue weighted by atomic mass is 10.1. The van der Waals surface area contributed by atoms with E-state index in [1.165, 1.54) is 6.92 Å². The fourth-order valence-electron chi connectivity index (χ4n) is 0.752. The van der Waals surface area contributed by atoms with Crippen LogP contribution in [0, 0.1) is 11.8 Å². The van der Waals surface area contributed by atoms with Crippen molar-refractivity contribution in [1.82, 2.24) is 0 Å². The third-order valence-electron chi connectivity index (χ3n) is 1.53. The van der Waals surface area contributed by atoms with Crippen molar-refractivity contribution in [3.63, 3.8) is 0 Å². The summed E-state index contributed by atoms with van der Waals surface area (Å²) in [7, 11) is 0. The topological polar surface area (TPSA) is 26.3 Å². The first-order chi connectivity index (χ1) is 6.72. The molecule has 2 nitrogen and oxygen atoms in total. The molecule has 0 aliphatic rings. The zero-order valence-corrected chi connectivity index (χ0v) is 8.97. The van der Waals surface area contributed by atoms with Crippen LogP contribution in [0.25, 0.3) is 0 Å². The van der Waals surface area contributed by atoms with Gasteiger partial charge in [-0.1, -0.05) is 26.0 Å². The number of esters is 1. The fraction of sp³-hybridized carbons (Fsp3) is 0.700. The van der Waals surface area contributed by atoms with Crippen LogP contribution in [0.5, 0.6) is 0 Å². The van der Waals surface area contributed by atoms with Crippen molar-refractivity contribution < 1.29 is 22.7 Å². The summed E-state index contributed by atoms with van der Waals surface area (Å²) in [6, 6.07) is 0. The number of halogens is 3. The van der Waals surface area contributed by atoms with Gasteiger partial charge in [-0.25, -0.2) is 0 Å². The predicted molar refractivity (Wildman–Crippen MR) is 50.2 cm³/mol. The van der Waals surface area contributed by atoms with Crippen LogP contribution < -0.4 is 0 Å². The molecule has 0 aromatic carbocycles. The Kier molecular flexibility index (Phi) is 5.39. The van der Waals surface area contributed by atoms with Gasteiger partial charge in [0.1, 0.15) is 0 Å². The Balaban J connectivity index is 4.00. The summed E-state index contributed by atoms with van der Waals surface area (Å²) in [6.07, 6.45) is -1.17. The maximum atomic E-state index is 11.7. The van der Waals surface area contributed by atoms with Crippen LogP contribution in [0.1, 0.15) is 20.8 Å². The Hall–Kier alpha value is -1.00. The first kappa shape index (κ1) is 14.0. The van der Waals surface area contributed by atoms with Crippen LogP contribution in [-0.2, 0) is 9.53 Å². The van der Waals surface area contributed by atoms with Crippen molar-refractivity contribution in [2.75, 3.05) is 6.61 Å². The van der Waals surface area contributed by atoms with Crippen molar-refractivity contribution >= 4 is 5.97 Å². The van der Waals surface area contributed by atoms with Crippen molar-refractivity contribution in [3.8, 4) is 0 Å². The van der Waals surface area contributed by atoms with Crippen molar-refractivity contribution in [1.29, 1.82) is 0 Å². The van der Waals surface area contributed by atoms with Gasteiger partial charge in [0.25, 0.3) is 0 Å². The van der Waals surface area contributed by atoms with Gasteiger partial charge >= 0.3 is 12.1 Å². The van der Waals surface area contributed by atoms with E-state index >= 15 is 0 Å². The number of carbonyl (C=O) groups excluding carboxylic acids is 1. The molecule has 1 atom stereocenters. The average Bonchev–Trinajstić information content (AvgIpc) is 2.08. The Morgan fingerprint density at radius 1 is 1.27 bits per heavy atom. The van der Waals surface area contributed by atoms with Gasteiger partial charge in [-0.2, -0.15) is 13.2 Å². The van der Waals surface area contributed by atoms with Crippen LogP contribution in [0.3, 0.4) is 0 Å². The molecular formula is C10H15F3O2. The van der Waals surface area contributed by atoms with Gasteiger partial charge in [0.05, 0.1) is 5.92 Å². The van der Waals surface area contributed by atoms with Crippen molar-refractivity contribution in [2.45, 2.75) is 26.9 Å². The lowest BCUT2D eigenvalue weighted by Gasteiger charge is -2.10. The summed E-state index contributed by atoms with van der Waals surface area (Å²) >= 11 is 0. The van der Waals surface area contributed by atoms with Gasteiger partial charge in [-0.3, -0.25) is 4.79 Å². The molecule has 0 spiro atoms. The Morgan fingerprint density at radius 3 is 2.20 bits per heavy atom. The van der Waals surface area contributed by atoms with Crippen LogP contribution in [0.2, 0.25) is 0 Å². The summed E-state index contributed by atoms with van der Waals surface area (Å²) in [5.74, 6) is -1.25. The highest BCUT2D eigenvalue weighted by Crippen LogP contribution is 2.15. The van der Waals surface area contributed by atoms with Crippen LogP contribution >= 0.6 is 0 Å². The highest BCUT2D eigenvalue weighted by Gasteiger charge is 2.30. The van der Waals surface area contributed by atoms with E-state index < -0.39 is 24.7 Å². The minimum atomic E-state index is -4.46. The molecule has 0 saturated heterocycles. The van der Waals surface area contributed by atoms with Gasteiger partial charge < -0.3 is 4.74 Å². The second-order valence-electron chi connectivity index (χ2n) is 3.64. The van der Waals surface area contributed by atoms with E-state index in [0.29, 0.717) is 0 Å². The van der Waals surface area contributed by atoms with E-state index in [-0.39, 0.29) is 5.92 Å². The standard InChI is InChI=1S/C10H15F3O2/c1-7(2)4-5-8(3)9(14)15-6-10(11,12)13/h4-5,7-8H,6H2,1-3H3/b5-4-. The predicted octanol–water partition coefficient (Wildman–Crippen LogP) is 2.94. The van der Waals surface area contributed by atoms with Gasteiger partial charge in [-0.15, -0.1) is 0 Å². The molecule has 0 N–H and O–H groups in total. The first-order valence-corrected chi connectivity index (χ1v) is 4.64. The molecule has 0 bridgehead atoms. The largest absolute Gasteiger partial charge is 0.456 e. The van der Waals surface area contributed by atoms with Crippen molar-refractivity contribution in [2.24, 2.45) is 11.8 Å². The first-order valence-electron chi connectivity index (χ1n) is 4.64. The zero-order valence-electron chi connectivity index (χ0n) is 8.97. The lowest BCUT2D eigenvalue weighted by Crippen LogP contribution is -2.23. The molecule has 88 valence electrons. The molecule has 0 saturated carbocycles. The minimum absolute atomic E-state index is 0.253. The van der Waals surface area contributed by atoms with Gasteiger partial charge in [0.15, 0.2) is 6.61 Å². The molecule has 0 aromatic rings. The molecule has 0 aliphatic heterocycles. The van der Waals surface area contributed by atoms with E-state index in [4.69, 9.17) is 0 Å². The minimum Gasteiger partial charge on any atom is -0.456 e. The monoisotopic (exact) mass is 224 g/mol. The van der Waals surface area contributed by atoms with E-state index in [0.717, 1.165) is 0 Å². The average molecular weight is 224 g/mol. The molecular weight excluding hydrogens is 209 g/mol. The summed E-state index contributed by atoms with van der Waals surface area (Å²) in [6.45, 7) is 3.79. The number of carbonyl (C=O) groups is 1.